The highest BCUT2D eigenvalue weighted by Crippen LogP contribution is 2.24. The maximum absolute atomic E-state index is 11.8. The zero-order valence-electron chi connectivity index (χ0n) is 8.27. The first-order valence-corrected chi connectivity index (χ1v) is 6.30. The van der Waals surface area contributed by atoms with Gasteiger partial charge in [-0.3, -0.25) is 4.79 Å². The summed E-state index contributed by atoms with van der Waals surface area (Å²) in [6.45, 7) is 0. The average Bonchev–Trinajstić information content (AvgIpc) is 2.16. The van der Waals surface area contributed by atoms with E-state index in [4.69, 9.17) is 0 Å². The third kappa shape index (κ3) is 2.45. The number of carbonyl (C=O) groups is 1. The molecule has 4 nitrogen and oxygen atoms in total. The first-order chi connectivity index (χ1) is 6.89. The van der Waals surface area contributed by atoms with Crippen molar-refractivity contribution in [2.24, 2.45) is 0 Å². The summed E-state index contributed by atoms with van der Waals surface area (Å²) in [7, 11) is -0.554. The SMILES string of the molecule is CN(C)S(=O)(=O)c1ccc(C=O)cc1Br. The molecular formula is C9H10BrNO3S. The van der Waals surface area contributed by atoms with Crippen LogP contribution in [0.5, 0.6) is 0 Å². The summed E-state index contributed by atoms with van der Waals surface area (Å²) < 4.78 is 25.0. The molecule has 0 aromatic heterocycles. The number of aldehydes is 1. The third-order valence-corrected chi connectivity index (χ3v) is 4.64. The van der Waals surface area contributed by atoms with Crippen LogP contribution in [-0.4, -0.2) is 33.1 Å². The van der Waals surface area contributed by atoms with Crippen LogP contribution in [0.4, 0.5) is 0 Å². The van der Waals surface area contributed by atoms with Crippen LogP contribution in [0.25, 0.3) is 0 Å². The molecule has 0 spiro atoms. The van der Waals surface area contributed by atoms with Gasteiger partial charge in [0.05, 0.1) is 4.90 Å². The molecule has 1 aromatic carbocycles. The Bertz CT molecular complexity index is 482. The normalized spacial score (nSPS) is 11.7. The summed E-state index contributed by atoms with van der Waals surface area (Å²) in [6, 6.07) is 4.35. The molecule has 0 saturated carbocycles. The van der Waals surface area contributed by atoms with Gasteiger partial charge >= 0.3 is 0 Å². The van der Waals surface area contributed by atoms with Crippen molar-refractivity contribution in [3.8, 4) is 0 Å². The van der Waals surface area contributed by atoms with Gasteiger partial charge in [0.1, 0.15) is 6.29 Å². The molecule has 1 aromatic rings. The van der Waals surface area contributed by atoms with Crippen LogP contribution in [0.2, 0.25) is 0 Å². The Morgan fingerprint density at radius 1 is 1.33 bits per heavy atom. The first-order valence-electron chi connectivity index (χ1n) is 4.07. The second kappa shape index (κ2) is 4.42. The summed E-state index contributed by atoms with van der Waals surface area (Å²) in [6.07, 6.45) is 0.664. The molecule has 0 bridgehead atoms. The minimum Gasteiger partial charge on any atom is -0.298 e. The van der Waals surface area contributed by atoms with E-state index in [1.807, 2.05) is 0 Å². The first kappa shape index (κ1) is 12.4. The van der Waals surface area contributed by atoms with E-state index in [0.717, 1.165) is 4.31 Å². The van der Waals surface area contributed by atoms with E-state index in [2.05, 4.69) is 15.9 Å². The molecule has 0 fully saturated rings. The van der Waals surface area contributed by atoms with E-state index >= 15 is 0 Å². The maximum Gasteiger partial charge on any atom is 0.243 e. The second-order valence-electron chi connectivity index (χ2n) is 3.10. The number of halogens is 1. The van der Waals surface area contributed by atoms with Crippen molar-refractivity contribution in [2.75, 3.05) is 14.1 Å². The molecule has 0 N–H and O–H groups in total. The Hall–Kier alpha value is -0.720. The number of benzene rings is 1. The highest BCUT2D eigenvalue weighted by Gasteiger charge is 2.20. The molecule has 0 saturated heterocycles. The van der Waals surface area contributed by atoms with Crippen molar-refractivity contribution in [2.45, 2.75) is 4.90 Å². The average molecular weight is 292 g/mol. The molecule has 0 aliphatic carbocycles. The lowest BCUT2D eigenvalue weighted by Gasteiger charge is -2.12. The summed E-state index contributed by atoms with van der Waals surface area (Å²) in [5.41, 5.74) is 0.430. The molecule has 15 heavy (non-hydrogen) atoms. The van der Waals surface area contributed by atoms with E-state index in [1.165, 1.54) is 32.3 Å². The second-order valence-corrected chi connectivity index (χ2v) is 6.07. The predicted octanol–water partition coefficient (Wildman–Crippen LogP) is 1.51. The monoisotopic (exact) mass is 291 g/mol. The lowest BCUT2D eigenvalue weighted by atomic mass is 10.2. The summed E-state index contributed by atoms with van der Waals surface area (Å²) in [4.78, 5) is 10.6. The standard InChI is InChI=1S/C9H10BrNO3S/c1-11(2)15(13,14)9-4-3-7(6-12)5-8(9)10/h3-6H,1-2H3. The van der Waals surface area contributed by atoms with Crippen LogP contribution in [-0.2, 0) is 10.0 Å². The molecule has 1 rings (SSSR count). The van der Waals surface area contributed by atoms with Crippen LogP contribution >= 0.6 is 15.9 Å². The van der Waals surface area contributed by atoms with Crippen LogP contribution in [0, 0.1) is 0 Å². The van der Waals surface area contributed by atoms with E-state index in [0.29, 0.717) is 16.3 Å². The van der Waals surface area contributed by atoms with Crippen molar-refractivity contribution >= 4 is 32.2 Å². The minimum absolute atomic E-state index is 0.151. The van der Waals surface area contributed by atoms with Crippen LogP contribution in [0.1, 0.15) is 10.4 Å². The number of rotatable bonds is 3. The van der Waals surface area contributed by atoms with E-state index in [-0.39, 0.29) is 4.90 Å². The summed E-state index contributed by atoms with van der Waals surface area (Å²) >= 11 is 3.13. The van der Waals surface area contributed by atoms with Gasteiger partial charge in [0.2, 0.25) is 10.0 Å². The molecule has 0 aliphatic heterocycles. The molecule has 82 valence electrons. The highest BCUT2D eigenvalue weighted by atomic mass is 79.9. The topological polar surface area (TPSA) is 54.5 Å². The summed E-state index contributed by atoms with van der Waals surface area (Å²) in [5.74, 6) is 0. The zero-order chi connectivity index (χ0) is 11.6. The number of sulfonamides is 1. The van der Waals surface area contributed by atoms with Gasteiger partial charge in [-0.25, -0.2) is 12.7 Å². The zero-order valence-corrected chi connectivity index (χ0v) is 10.7. The van der Waals surface area contributed by atoms with E-state index < -0.39 is 10.0 Å². The lowest BCUT2D eigenvalue weighted by Crippen LogP contribution is -2.22. The molecule has 0 atom stereocenters. The number of nitrogens with zero attached hydrogens (tertiary/aromatic N) is 1. The number of hydrogen-bond donors (Lipinski definition) is 0. The van der Waals surface area contributed by atoms with Gasteiger partial charge in [-0.05, 0) is 28.1 Å². The van der Waals surface area contributed by atoms with Crippen LogP contribution in [0.3, 0.4) is 0 Å². The van der Waals surface area contributed by atoms with E-state index in [9.17, 15) is 13.2 Å². The number of carbonyl (C=O) groups excluding carboxylic acids is 1. The third-order valence-electron chi connectivity index (χ3n) is 1.85. The molecular weight excluding hydrogens is 282 g/mol. The maximum atomic E-state index is 11.8. The van der Waals surface area contributed by atoms with Crippen molar-refractivity contribution in [1.29, 1.82) is 0 Å². The van der Waals surface area contributed by atoms with Gasteiger partial charge < -0.3 is 0 Å². The van der Waals surface area contributed by atoms with Gasteiger partial charge in [0.15, 0.2) is 0 Å². The quantitative estimate of drug-likeness (QED) is 0.794. The van der Waals surface area contributed by atoms with Crippen molar-refractivity contribution in [3.05, 3.63) is 28.2 Å². The van der Waals surface area contributed by atoms with Gasteiger partial charge in [-0.15, -0.1) is 0 Å². The minimum atomic E-state index is -3.46. The fourth-order valence-corrected chi connectivity index (χ4v) is 2.95. The largest absolute Gasteiger partial charge is 0.298 e. The number of hydrogen-bond acceptors (Lipinski definition) is 3. The van der Waals surface area contributed by atoms with Gasteiger partial charge in [0.25, 0.3) is 0 Å². The van der Waals surface area contributed by atoms with Gasteiger partial charge in [-0.2, -0.15) is 0 Å². The fourth-order valence-electron chi connectivity index (χ4n) is 0.996. The Balaban J connectivity index is 3.35. The van der Waals surface area contributed by atoms with Crippen LogP contribution < -0.4 is 0 Å². The summed E-state index contributed by atoms with van der Waals surface area (Å²) in [5, 5.41) is 0. The Morgan fingerprint density at radius 2 is 1.93 bits per heavy atom. The van der Waals surface area contributed by atoms with Crippen molar-refractivity contribution in [1.82, 2.24) is 4.31 Å². The Kier molecular flexibility index (Phi) is 3.64. The van der Waals surface area contributed by atoms with Crippen molar-refractivity contribution < 1.29 is 13.2 Å². The van der Waals surface area contributed by atoms with Crippen LogP contribution in [0.15, 0.2) is 27.6 Å². The molecule has 0 aliphatic rings. The van der Waals surface area contributed by atoms with Gasteiger partial charge in [0, 0.05) is 24.1 Å². The highest BCUT2D eigenvalue weighted by molar-refractivity contribution is 9.10. The molecule has 0 unspecified atom stereocenters. The Morgan fingerprint density at radius 3 is 2.33 bits per heavy atom. The van der Waals surface area contributed by atoms with E-state index in [1.54, 1.807) is 0 Å². The van der Waals surface area contributed by atoms with Crippen molar-refractivity contribution in [3.63, 3.8) is 0 Å². The van der Waals surface area contributed by atoms with Gasteiger partial charge in [-0.1, -0.05) is 6.07 Å². The molecule has 0 amide bonds. The molecule has 6 heteroatoms. The Labute approximate surface area is 97.1 Å². The predicted molar refractivity (Wildman–Crippen MR) is 60.4 cm³/mol. The smallest absolute Gasteiger partial charge is 0.243 e. The fraction of sp³-hybridized carbons (Fsp3) is 0.222. The lowest BCUT2D eigenvalue weighted by molar-refractivity contribution is 0.112. The molecule has 0 radical (unpaired) electrons. The molecule has 0 heterocycles.